The molecule has 1 aromatic rings. The van der Waals surface area contributed by atoms with Crippen LogP contribution in [0, 0.1) is 11.7 Å². The molecule has 7 heteroatoms. The number of carbonyl (C=O) groups excluding carboxylic acids is 2. The van der Waals surface area contributed by atoms with Crippen LogP contribution in [0.1, 0.15) is 40.0 Å². The molecule has 0 aliphatic carbocycles. The molecule has 1 aliphatic heterocycles. The minimum absolute atomic E-state index is 0.0400. The van der Waals surface area contributed by atoms with Crippen molar-refractivity contribution in [2.24, 2.45) is 5.92 Å². The Bertz CT molecular complexity index is 675. The van der Waals surface area contributed by atoms with E-state index in [0.717, 1.165) is 12.8 Å². The summed E-state index contributed by atoms with van der Waals surface area (Å²) in [7, 11) is 1.83. The van der Waals surface area contributed by atoms with Gasteiger partial charge in [0, 0.05) is 33.2 Å². The number of rotatable bonds is 6. The summed E-state index contributed by atoms with van der Waals surface area (Å²) in [5, 5.41) is 2.94. The summed E-state index contributed by atoms with van der Waals surface area (Å²) in [5.41, 5.74) is 0.00500. The van der Waals surface area contributed by atoms with Crippen molar-refractivity contribution in [3.63, 3.8) is 0 Å². The van der Waals surface area contributed by atoms with Crippen LogP contribution >= 0.6 is 0 Å². The van der Waals surface area contributed by atoms with Crippen LogP contribution in [0.2, 0.25) is 0 Å². The van der Waals surface area contributed by atoms with E-state index in [-0.39, 0.29) is 23.7 Å². The molecule has 0 aromatic heterocycles. The van der Waals surface area contributed by atoms with Gasteiger partial charge < -0.3 is 19.9 Å². The highest BCUT2D eigenvalue weighted by atomic mass is 19.1. The van der Waals surface area contributed by atoms with Gasteiger partial charge >= 0.3 is 6.09 Å². The van der Waals surface area contributed by atoms with Crippen molar-refractivity contribution in [3.8, 4) is 0 Å². The molecule has 1 heterocycles. The van der Waals surface area contributed by atoms with E-state index in [1.165, 1.54) is 6.07 Å². The Balaban J connectivity index is 1.74. The Labute approximate surface area is 167 Å². The summed E-state index contributed by atoms with van der Waals surface area (Å²) >= 11 is 0. The summed E-state index contributed by atoms with van der Waals surface area (Å²) in [6.07, 6.45) is 1.89. The Morgan fingerprint density at radius 2 is 2.04 bits per heavy atom. The zero-order valence-corrected chi connectivity index (χ0v) is 17.3. The third kappa shape index (κ3) is 6.69. The first-order valence-electron chi connectivity index (χ1n) is 9.88. The topological polar surface area (TPSA) is 61.9 Å². The molecule has 28 heavy (non-hydrogen) atoms. The van der Waals surface area contributed by atoms with Gasteiger partial charge in [-0.3, -0.25) is 4.79 Å². The first-order chi connectivity index (χ1) is 13.2. The smallest absolute Gasteiger partial charge is 0.410 e. The van der Waals surface area contributed by atoms with Crippen LogP contribution in [0.4, 0.5) is 14.9 Å². The van der Waals surface area contributed by atoms with E-state index in [4.69, 9.17) is 4.74 Å². The zero-order valence-electron chi connectivity index (χ0n) is 17.3. The maximum Gasteiger partial charge on any atom is 0.410 e. The van der Waals surface area contributed by atoms with Gasteiger partial charge in [0.05, 0.1) is 11.6 Å². The highest BCUT2D eigenvalue weighted by Crippen LogP contribution is 2.20. The standard InChI is InChI=1S/C21H32FN3O3/c1-21(2,3)28-20(27)25-14-7-9-16(15-25)19(26)23-12-8-13-24(4)18-11-6-5-10-17(18)22/h5-6,10-11,16H,7-9,12-15H2,1-4H3,(H,23,26). The molecule has 1 aromatic carbocycles. The molecular formula is C21H32FN3O3. The molecule has 0 saturated carbocycles. The molecule has 0 bridgehead atoms. The van der Waals surface area contributed by atoms with Crippen LogP contribution in [-0.2, 0) is 9.53 Å². The highest BCUT2D eigenvalue weighted by Gasteiger charge is 2.30. The number of ether oxygens (including phenoxy) is 1. The van der Waals surface area contributed by atoms with Gasteiger partial charge in [-0.15, -0.1) is 0 Å². The molecule has 1 saturated heterocycles. The molecule has 0 spiro atoms. The minimum Gasteiger partial charge on any atom is -0.444 e. The summed E-state index contributed by atoms with van der Waals surface area (Å²) in [5.74, 6) is -0.508. The molecule has 0 radical (unpaired) electrons. The molecule has 2 amide bonds. The highest BCUT2D eigenvalue weighted by molar-refractivity contribution is 5.80. The number of benzene rings is 1. The van der Waals surface area contributed by atoms with Crippen molar-refractivity contribution in [1.29, 1.82) is 0 Å². The van der Waals surface area contributed by atoms with Gasteiger partial charge in [-0.25, -0.2) is 9.18 Å². The number of amides is 2. The Morgan fingerprint density at radius 3 is 2.71 bits per heavy atom. The van der Waals surface area contributed by atoms with Crippen LogP contribution in [0.25, 0.3) is 0 Å². The number of nitrogens with one attached hydrogen (secondary N) is 1. The van der Waals surface area contributed by atoms with Crippen LogP contribution < -0.4 is 10.2 Å². The minimum atomic E-state index is -0.545. The lowest BCUT2D eigenvalue weighted by atomic mass is 9.97. The van der Waals surface area contributed by atoms with Crippen LogP contribution in [-0.4, -0.2) is 55.7 Å². The van der Waals surface area contributed by atoms with Crippen LogP contribution in [0.5, 0.6) is 0 Å². The third-order valence-corrected chi connectivity index (χ3v) is 4.68. The lowest BCUT2D eigenvalue weighted by molar-refractivity contribution is -0.126. The number of para-hydroxylation sites is 1. The lowest BCUT2D eigenvalue weighted by Gasteiger charge is -2.33. The van der Waals surface area contributed by atoms with Gasteiger partial charge in [0.1, 0.15) is 11.4 Å². The van der Waals surface area contributed by atoms with Crippen molar-refractivity contribution in [1.82, 2.24) is 10.2 Å². The molecule has 1 atom stereocenters. The number of anilines is 1. The molecule has 1 unspecified atom stereocenters. The number of hydrogen-bond acceptors (Lipinski definition) is 4. The zero-order chi connectivity index (χ0) is 20.7. The molecule has 1 N–H and O–H groups in total. The van der Waals surface area contributed by atoms with Gasteiger partial charge in [-0.1, -0.05) is 12.1 Å². The van der Waals surface area contributed by atoms with Gasteiger partial charge in [-0.2, -0.15) is 0 Å². The van der Waals surface area contributed by atoms with Crippen molar-refractivity contribution in [2.45, 2.75) is 45.6 Å². The first-order valence-corrected chi connectivity index (χ1v) is 9.88. The van der Waals surface area contributed by atoms with Crippen LogP contribution in [0.15, 0.2) is 24.3 Å². The maximum absolute atomic E-state index is 13.8. The number of nitrogens with zero attached hydrogens (tertiary/aromatic N) is 2. The van der Waals surface area contributed by atoms with E-state index in [1.807, 2.05) is 32.7 Å². The fourth-order valence-corrected chi connectivity index (χ4v) is 3.24. The van der Waals surface area contributed by atoms with Gasteiger partial charge in [0.15, 0.2) is 0 Å². The van der Waals surface area contributed by atoms with Gasteiger partial charge in [0.2, 0.25) is 5.91 Å². The van der Waals surface area contributed by atoms with Crippen molar-refractivity contribution < 1.29 is 18.7 Å². The first kappa shape index (κ1) is 22.0. The van der Waals surface area contributed by atoms with Crippen molar-refractivity contribution in [2.75, 3.05) is 38.1 Å². The second kappa shape index (κ2) is 9.75. The van der Waals surface area contributed by atoms with Gasteiger partial charge in [-0.05, 0) is 52.2 Å². The second-order valence-electron chi connectivity index (χ2n) is 8.28. The second-order valence-corrected chi connectivity index (χ2v) is 8.28. The fraction of sp³-hybridized carbons (Fsp3) is 0.619. The summed E-state index contributed by atoms with van der Waals surface area (Å²) in [4.78, 5) is 28.1. The molecule has 2 rings (SSSR count). The molecule has 6 nitrogen and oxygen atoms in total. The number of likely N-dealkylation sites (tertiary alicyclic amines) is 1. The molecule has 156 valence electrons. The van der Waals surface area contributed by atoms with E-state index in [2.05, 4.69) is 5.32 Å². The number of halogens is 1. The molecular weight excluding hydrogens is 361 g/mol. The summed E-state index contributed by atoms with van der Waals surface area (Å²) in [6, 6.07) is 6.64. The quantitative estimate of drug-likeness (QED) is 0.753. The number of piperidine rings is 1. The average molecular weight is 394 g/mol. The largest absolute Gasteiger partial charge is 0.444 e. The predicted octanol–water partition coefficient (Wildman–Crippen LogP) is 3.42. The van der Waals surface area contributed by atoms with E-state index in [1.54, 1.807) is 23.1 Å². The van der Waals surface area contributed by atoms with E-state index in [9.17, 15) is 14.0 Å². The summed E-state index contributed by atoms with van der Waals surface area (Å²) < 4.78 is 19.2. The average Bonchev–Trinajstić information content (AvgIpc) is 2.64. The van der Waals surface area contributed by atoms with E-state index < -0.39 is 5.60 Å². The number of carbonyl (C=O) groups is 2. The number of hydrogen-bond donors (Lipinski definition) is 1. The fourth-order valence-electron chi connectivity index (χ4n) is 3.24. The predicted molar refractivity (Wildman–Crippen MR) is 108 cm³/mol. The Hall–Kier alpha value is -2.31. The monoisotopic (exact) mass is 393 g/mol. The SMILES string of the molecule is CN(CCCNC(=O)C1CCCN(C(=O)OC(C)(C)C)C1)c1ccccc1F. The van der Waals surface area contributed by atoms with Gasteiger partial charge in [0.25, 0.3) is 0 Å². The molecule has 1 aliphatic rings. The van der Waals surface area contributed by atoms with Crippen molar-refractivity contribution in [3.05, 3.63) is 30.1 Å². The lowest BCUT2D eigenvalue weighted by Crippen LogP contribution is -2.47. The maximum atomic E-state index is 13.8. The van der Waals surface area contributed by atoms with E-state index in [0.29, 0.717) is 38.3 Å². The van der Waals surface area contributed by atoms with Crippen LogP contribution in [0.3, 0.4) is 0 Å². The third-order valence-electron chi connectivity index (χ3n) is 4.68. The Kier molecular flexibility index (Phi) is 7.66. The van der Waals surface area contributed by atoms with Crippen molar-refractivity contribution >= 4 is 17.7 Å². The normalized spacial score (nSPS) is 17.2. The summed E-state index contributed by atoms with van der Waals surface area (Å²) in [6.45, 7) is 7.64. The van der Waals surface area contributed by atoms with E-state index >= 15 is 0 Å². The Morgan fingerprint density at radius 1 is 1.32 bits per heavy atom. The molecule has 1 fully saturated rings.